The van der Waals surface area contributed by atoms with E-state index in [0.29, 0.717) is 32.8 Å². The third kappa shape index (κ3) is 6.42. The smallest absolute Gasteiger partial charge is 0.266 e. The van der Waals surface area contributed by atoms with Crippen molar-refractivity contribution >= 4 is 51.6 Å². The van der Waals surface area contributed by atoms with E-state index in [1.54, 1.807) is 48.5 Å². The van der Waals surface area contributed by atoms with E-state index in [1.165, 1.54) is 6.08 Å². The number of nitrogens with one attached hydrogen (secondary N) is 1. The minimum absolute atomic E-state index is 0.0614. The lowest BCUT2D eigenvalue weighted by molar-refractivity contribution is -0.112. The first-order valence-corrected chi connectivity index (χ1v) is 11.9. The van der Waals surface area contributed by atoms with E-state index in [4.69, 9.17) is 39.1 Å². The molecule has 0 saturated carbocycles. The first-order chi connectivity index (χ1) is 18.0. The van der Waals surface area contributed by atoms with Crippen molar-refractivity contribution in [2.75, 3.05) is 11.9 Å². The summed E-state index contributed by atoms with van der Waals surface area (Å²) in [4.78, 5) is 12.9. The second-order valence-electron chi connectivity index (χ2n) is 7.86. The van der Waals surface area contributed by atoms with Crippen LogP contribution in [0, 0.1) is 23.7 Å². The summed E-state index contributed by atoms with van der Waals surface area (Å²) in [5, 5.41) is 15.3. The molecule has 4 aromatic rings. The summed E-state index contributed by atoms with van der Waals surface area (Å²) in [5.74, 6) is 2.95. The van der Waals surface area contributed by atoms with Crippen LogP contribution in [0.2, 0.25) is 10.0 Å². The summed E-state index contributed by atoms with van der Waals surface area (Å²) in [6, 6.07) is 25.3. The molecule has 37 heavy (non-hydrogen) atoms. The van der Waals surface area contributed by atoms with E-state index in [9.17, 15) is 10.1 Å². The highest BCUT2D eigenvalue weighted by Crippen LogP contribution is 2.31. The number of amides is 1. The molecule has 0 aliphatic carbocycles. The van der Waals surface area contributed by atoms with Gasteiger partial charge in [-0.15, -0.1) is 6.42 Å². The van der Waals surface area contributed by atoms with Gasteiger partial charge in [0.25, 0.3) is 5.91 Å². The number of carbonyl (C=O) groups excluding carboxylic acids is 1. The van der Waals surface area contributed by atoms with E-state index in [1.807, 2.05) is 36.4 Å². The van der Waals surface area contributed by atoms with E-state index >= 15 is 0 Å². The van der Waals surface area contributed by atoms with Gasteiger partial charge >= 0.3 is 0 Å². The number of hydrogen-bond acceptors (Lipinski definition) is 4. The van der Waals surface area contributed by atoms with Crippen LogP contribution in [0.4, 0.5) is 5.69 Å². The number of rotatable bonds is 8. The number of terminal acetylenes is 1. The molecule has 7 heteroatoms. The normalized spacial score (nSPS) is 10.9. The standard InChI is InChI=1S/C30H20Cl2N2O3/c1-2-15-36-29-14-8-20-5-3-4-6-26(20)27(29)16-22(18-33)30(35)34-24-10-12-25(13-11-24)37-19-21-7-9-23(31)17-28(21)32/h1,3-14,16-17H,15,19H2,(H,34,35)/b22-16+. The van der Waals surface area contributed by atoms with Crippen molar-refractivity contribution < 1.29 is 14.3 Å². The number of anilines is 1. The molecule has 1 N–H and O–H groups in total. The quantitative estimate of drug-likeness (QED) is 0.149. The van der Waals surface area contributed by atoms with Gasteiger partial charge in [-0.05, 0) is 59.3 Å². The molecule has 0 aliphatic heterocycles. The van der Waals surface area contributed by atoms with E-state index < -0.39 is 5.91 Å². The van der Waals surface area contributed by atoms with Crippen molar-refractivity contribution in [1.29, 1.82) is 5.26 Å². The topological polar surface area (TPSA) is 71.3 Å². The fraction of sp³-hybridized carbons (Fsp3) is 0.0667. The number of halogens is 2. The monoisotopic (exact) mass is 526 g/mol. The minimum atomic E-state index is -0.556. The van der Waals surface area contributed by atoms with Gasteiger partial charge < -0.3 is 14.8 Å². The molecule has 4 aromatic carbocycles. The van der Waals surface area contributed by atoms with Gasteiger partial charge in [0.1, 0.15) is 36.4 Å². The maximum absolute atomic E-state index is 12.9. The minimum Gasteiger partial charge on any atom is -0.489 e. The molecule has 0 fully saturated rings. The predicted molar refractivity (Wildman–Crippen MR) is 148 cm³/mol. The summed E-state index contributed by atoms with van der Waals surface area (Å²) in [6.07, 6.45) is 6.86. The molecule has 0 atom stereocenters. The van der Waals surface area contributed by atoms with Crippen LogP contribution in [0.1, 0.15) is 11.1 Å². The van der Waals surface area contributed by atoms with Crippen LogP contribution in [0.3, 0.4) is 0 Å². The predicted octanol–water partition coefficient (Wildman–Crippen LogP) is 7.28. The van der Waals surface area contributed by atoms with E-state index in [-0.39, 0.29) is 18.8 Å². The van der Waals surface area contributed by atoms with Crippen LogP contribution in [0.5, 0.6) is 11.5 Å². The van der Waals surface area contributed by atoms with Crippen LogP contribution in [0.25, 0.3) is 16.8 Å². The highest BCUT2D eigenvalue weighted by molar-refractivity contribution is 6.35. The molecule has 0 spiro atoms. The summed E-state index contributed by atoms with van der Waals surface area (Å²) in [6.45, 7) is 0.323. The molecule has 0 aromatic heterocycles. The Balaban J connectivity index is 1.50. The van der Waals surface area contributed by atoms with Gasteiger partial charge in [-0.2, -0.15) is 5.26 Å². The number of ether oxygens (including phenoxy) is 2. The summed E-state index contributed by atoms with van der Waals surface area (Å²) < 4.78 is 11.4. The Morgan fingerprint density at radius 3 is 2.51 bits per heavy atom. The van der Waals surface area contributed by atoms with Gasteiger partial charge in [-0.25, -0.2) is 0 Å². The van der Waals surface area contributed by atoms with Crippen molar-refractivity contribution in [2.24, 2.45) is 0 Å². The molecule has 0 aliphatic rings. The fourth-order valence-electron chi connectivity index (χ4n) is 3.60. The van der Waals surface area contributed by atoms with Gasteiger partial charge in [0, 0.05) is 26.9 Å². The molecule has 1 amide bonds. The Bertz CT molecular complexity index is 1570. The number of hydrogen-bond donors (Lipinski definition) is 1. The summed E-state index contributed by atoms with van der Waals surface area (Å²) in [7, 11) is 0. The van der Waals surface area contributed by atoms with Gasteiger partial charge in [0.2, 0.25) is 0 Å². The zero-order valence-corrected chi connectivity index (χ0v) is 21.0. The van der Waals surface area contributed by atoms with Crippen molar-refractivity contribution in [1.82, 2.24) is 0 Å². The first-order valence-electron chi connectivity index (χ1n) is 11.2. The van der Waals surface area contributed by atoms with Gasteiger partial charge in [0.15, 0.2) is 0 Å². The van der Waals surface area contributed by atoms with Crippen molar-refractivity contribution in [3.05, 3.63) is 106 Å². The Morgan fingerprint density at radius 2 is 1.78 bits per heavy atom. The largest absolute Gasteiger partial charge is 0.489 e. The van der Waals surface area contributed by atoms with Crippen LogP contribution in [-0.2, 0) is 11.4 Å². The van der Waals surface area contributed by atoms with Crippen molar-refractivity contribution in [3.8, 4) is 29.9 Å². The van der Waals surface area contributed by atoms with Crippen LogP contribution >= 0.6 is 23.2 Å². The van der Waals surface area contributed by atoms with E-state index in [0.717, 1.165) is 16.3 Å². The number of fused-ring (bicyclic) bond motifs is 1. The Hall–Kier alpha value is -4.42. The third-order valence-electron chi connectivity index (χ3n) is 5.42. The van der Waals surface area contributed by atoms with Crippen molar-refractivity contribution in [3.63, 3.8) is 0 Å². The average molecular weight is 527 g/mol. The molecule has 4 rings (SSSR count). The summed E-state index contributed by atoms with van der Waals surface area (Å²) in [5.41, 5.74) is 1.82. The average Bonchev–Trinajstić information content (AvgIpc) is 2.91. The molecule has 0 radical (unpaired) electrons. The number of nitriles is 1. The molecule has 182 valence electrons. The Labute approximate surface area is 224 Å². The second-order valence-corrected chi connectivity index (χ2v) is 8.71. The highest BCUT2D eigenvalue weighted by atomic mass is 35.5. The van der Waals surface area contributed by atoms with Crippen LogP contribution < -0.4 is 14.8 Å². The summed E-state index contributed by atoms with van der Waals surface area (Å²) >= 11 is 12.1. The molecule has 5 nitrogen and oxygen atoms in total. The SMILES string of the molecule is C#CCOc1ccc2ccccc2c1/C=C(\C#N)C(=O)Nc1ccc(OCc2ccc(Cl)cc2Cl)cc1. The molecule has 0 unspecified atom stereocenters. The molecular formula is C30H20Cl2N2O3. The lowest BCUT2D eigenvalue weighted by Gasteiger charge is -2.11. The second kappa shape index (κ2) is 12.0. The zero-order chi connectivity index (χ0) is 26.2. The lowest BCUT2D eigenvalue weighted by Crippen LogP contribution is -2.13. The molecule has 0 heterocycles. The molecule has 0 bridgehead atoms. The maximum Gasteiger partial charge on any atom is 0.266 e. The van der Waals surface area contributed by atoms with E-state index in [2.05, 4.69) is 11.2 Å². The number of carbonyl (C=O) groups is 1. The Kier molecular flexibility index (Phi) is 8.33. The van der Waals surface area contributed by atoms with Gasteiger partial charge in [-0.3, -0.25) is 4.79 Å². The molecule has 0 saturated heterocycles. The van der Waals surface area contributed by atoms with Crippen molar-refractivity contribution in [2.45, 2.75) is 6.61 Å². The Morgan fingerprint density at radius 1 is 1.00 bits per heavy atom. The molecular weight excluding hydrogens is 507 g/mol. The number of benzene rings is 4. The highest BCUT2D eigenvalue weighted by Gasteiger charge is 2.14. The first kappa shape index (κ1) is 25.7. The van der Waals surface area contributed by atoms with Gasteiger partial charge in [-0.1, -0.05) is 65.5 Å². The van der Waals surface area contributed by atoms with Crippen LogP contribution in [0.15, 0.2) is 84.4 Å². The maximum atomic E-state index is 12.9. The lowest BCUT2D eigenvalue weighted by atomic mass is 10.0. The number of nitrogens with zero attached hydrogens (tertiary/aromatic N) is 1. The third-order valence-corrected chi connectivity index (χ3v) is 6.00. The fourth-order valence-corrected chi connectivity index (χ4v) is 4.06. The zero-order valence-electron chi connectivity index (χ0n) is 19.5. The van der Waals surface area contributed by atoms with Crippen LogP contribution in [-0.4, -0.2) is 12.5 Å². The van der Waals surface area contributed by atoms with Gasteiger partial charge in [0.05, 0.1) is 0 Å².